The molecule has 0 bridgehead atoms. The lowest BCUT2D eigenvalue weighted by Crippen LogP contribution is -2.37. The fourth-order valence-corrected chi connectivity index (χ4v) is 4.15. The van der Waals surface area contributed by atoms with Crippen LogP contribution in [0.3, 0.4) is 0 Å². The van der Waals surface area contributed by atoms with Gasteiger partial charge in [-0.3, -0.25) is 9.59 Å². The second-order valence-electron chi connectivity index (χ2n) is 6.79. The van der Waals surface area contributed by atoms with E-state index in [2.05, 4.69) is 0 Å². The molecule has 1 aromatic heterocycles. The normalized spacial score (nSPS) is 14.1. The molecule has 0 fully saturated rings. The van der Waals surface area contributed by atoms with Crippen LogP contribution in [0, 0.1) is 6.92 Å². The molecular formula is C22H26N2O5S. The van der Waals surface area contributed by atoms with Gasteiger partial charge in [0.15, 0.2) is 0 Å². The molecule has 2 amide bonds. The third kappa shape index (κ3) is 4.26. The SMILES string of the molecule is COCCN(CCOC)C1=C(c2cccs2)C(=O)N(c2cc(C)ccc2OC)C1=O. The average molecular weight is 431 g/mol. The number of rotatable bonds is 10. The van der Waals surface area contributed by atoms with E-state index in [4.69, 9.17) is 14.2 Å². The van der Waals surface area contributed by atoms with Gasteiger partial charge in [-0.25, -0.2) is 4.90 Å². The van der Waals surface area contributed by atoms with Crippen LogP contribution in [-0.2, 0) is 19.1 Å². The van der Waals surface area contributed by atoms with E-state index in [0.717, 1.165) is 10.4 Å². The first-order chi connectivity index (χ1) is 14.5. The Bertz CT molecular complexity index is 931. The van der Waals surface area contributed by atoms with Gasteiger partial charge in [0.1, 0.15) is 11.4 Å². The molecule has 7 nitrogen and oxygen atoms in total. The maximum Gasteiger partial charge on any atom is 0.282 e. The number of hydrogen-bond acceptors (Lipinski definition) is 7. The van der Waals surface area contributed by atoms with Crippen molar-refractivity contribution in [3.05, 3.63) is 51.8 Å². The van der Waals surface area contributed by atoms with Gasteiger partial charge in [0.2, 0.25) is 0 Å². The van der Waals surface area contributed by atoms with Crippen LogP contribution >= 0.6 is 11.3 Å². The number of thiophene rings is 1. The fourth-order valence-electron chi connectivity index (χ4n) is 3.39. The number of imide groups is 1. The van der Waals surface area contributed by atoms with Crippen LogP contribution in [-0.4, -0.2) is 64.3 Å². The number of carbonyl (C=O) groups excluding carboxylic acids is 2. The lowest BCUT2D eigenvalue weighted by Gasteiger charge is -2.26. The van der Waals surface area contributed by atoms with Crippen molar-refractivity contribution in [2.45, 2.75) is 6.92 Å². The van der Waals surface area contributed by atoms with Gasteiger partial charge in [-0.2, -0.15) is 0 Å². The lowest BCUT2D eigenvalue weighted by atomic mass is 10.1. The second-order valence-corrected chi connectivity index (χ2v) is 7.74. The Morgan fingerprint density at radius 3 is 2.27 bits per heavy atom. The summed E-state index contributed by atoms with van der Waals surface area (Å²) in [5, 5.41) is 1.89. The molecule has 0 saturated heterocycles. The Balaban J connectivity index is 2.12. The first-order valence-electron chi connectivity index (χ1n) is 9.57. The first kappa shape index (κ1) is 22.0. The van der Waals surface area contributed by atoms with Crippen LogP contribution < -0.4 is 9.64 Å². The van der Waals surface area contributed by atoms with E-state index in [-0.39, 0.29) is 11.8 Å². The van der Waals surface area contributed by atoms with Crippen molar-refractivity contribution >= 4 is 34.4 Å². The zero-order chi connectivity index (χ0) is 21.7. The van der Waals surface area contributed by atoms with Crippen molar-refractivity contribution in [2.75, 3.05) is 52.5 Å². The number of amides is 2. The van der Waals surface area contributed by atoms with Crippen molar-refractivity contribution in [1.29, 1.82) is 0 Å². The molecule has 0 unspecified atom stereocenters. The van der Waals surface area contributed by atoms with E-state index in [1.54, 1.807) is 26.4 Å². The summed E-state index contributed by atoms with van der Waals surface area (Å²) in [4.78, 5) is 31.0. The summed E-state index contributed by atoms with van der Waals surface area (Å²) in [5.74, 6) is -0.268. The minimum Gasteiger partial charge on any atom is -0.495 e. The number of ether oxygens (including phenoxy) is 3. The zero-order valence-corrected chi connectivity index (χ0v) is 18.5. The fraction of sp³-hybridized carbons (Fsp3) is 0.364. The molecule has 0 atom stereocenters. The van der Waals surface area contributed by atoms with Crippen LogP contribution in [0.1, 0.15) is 10.4 Å². The summed E-state index contributed by atoms with van der Waals surface area (Å²) in [6.07, 6.45) is 0. The summed E-state index contributed by atoms with van der Waals surface area (Å²) in [6, 6.07) is 9.16. The molecular weight excluding hydrogens is 404 g/mol. The molecule has 160 valence electrons. The van der Waals surface area contributed by atoms with E-state index in [9.17, 15) is 9.59 Å². The first-order valence-corrected chi connectivity index (χ1v) is 10.5. The molecule has 1 aliphatic rings. The minimum atomic E-state index is -0.375. The van der Waals surface area contributed by atoms with Crippen LogP contribution in [0.15, 0.2) is 41.4 Å². The van der Waals surface area contributed by atoms with Crippen LogP contribution in [0.4, 0.5) is 5.69 Å². The molecule has 0 saturated carbocycles. The summed E-state index contributed by atoms with van der Waals surface area (Å²) in [5.41, 5.74) is 2.12. The predicted octanol–water partition coefficient (Wildman–Crippen LogP) is 2.94. The molecule has 2 aromatic rings. The standard InChI is InChI=1S/C22H26N2O5S/c1-15-7-8-17(29-4)16(14-15)24-21(25)19(18-6-5-13-30-18)20(22(24)26)23(9-11-27-2)10-12-28-3/h5-8,13-14H,9-12H2,1-4H3. The summed E-state index contributed by atoms with van der Waals surface area (Å²) in [7, 11) is 4.74. The van der Waals surface area contributed by atoms with Crippen molar-refractivity contribution in [3.8, 4) is 5.75 Å². The minimum absolute atomic E-state index is 0.360. The molecule has 8 heteroatoms. The Morgan fingerprint density at radius 2 is 1.70 bits per heavy atom. The molecule has 1 aliphatic heterocycles. The summed E-state index contributed by atoms with van der Waals surface area (Å²) in [6.45, 7) is 3.66. The molecule has 0 spiro atoms. The van der Waals surface area contributed by atoms with Crippen molar-refractivity contribution in [2.24, 2.45) is 0 Å². The number of aryl methyl sites for hydroxylation is 1. The number of methoxy groups -OCH3 is 3. The number of nitrogens with zero attached hydrogens (tertiary/aromatic N) is 2. The Morgan fingerprint density at radius 1 is 1.00 bits per heavy atom. The van der Waals surface area contributed by atoms with Gasteiger partial charge < -0.3 is 19.1 Å². The highest BCUT2D eigenvalue weighted by molar-refractivity contribution is 7.11. The average Bonchev–Trinajstić information content (AvgIpc) is 3.34. The van der Waals surface area contributed by atoms with Gasteiger partial charge in [-0.15, -0.1) is 11.3 Å². The Hall–Kier alpha value is -2.68. The highest BCUT2D eigenvalue weighted by Gasteiger charge is 2.43. The molecule has 2 heterocycles. The van der Waals surface area contributed by atoms with Gasteiger partial charge in [0, 0.05) is 32.2 Å². The number of benzene rings is 1. The summed E-state index contributed by atoms with van der Waals surface area (Å²) >= 11 is 1.43. The molecule has 1 aromatic carbocycles. The zero-order valence-electron chi connectivity index (χ0n) is 17.6. The Kier molecular flexibility index (Phi) is 7.25. The maximum absolute atomic E-state index is 13.6. The molecule has 3 rings (SSSR count). The van der Waals surface area contributed by atoms with Gasteiger partial charge >= 0.3 is 0 Å². The van der Waals surface area contributed by atoms with Gasteiger partial charge in [0.05, 0.1) is 31.6 Å². The quantitative estimate of drug-likeness (QED) is 0.540. The maximum atomic E-state index is 13.6. The lowest BCUT2D eigenvalue weighted by molar-refractivity contribution is -0.120. The van der Waals surface area contributed by atoms with Crippen LogP contribution in [0.25, 0.3) is 5.57 Å². The van der Waals surface area contributed by atoms with Crippen molar-refractivity contribution in [1.82, 2.24) is 4.90 Å². The highest BCUT2D eigenvalue weighted by Crippen LogP contribution is 2.40. The van der Waals surface area contributed by atoms with Crippen LogP contribution in [0.2, 0.25) is 0 Å². The third-order valence-electron chi connectivity index (χ3n) is 4.85. The number of hydrogen-bond donors (Lipinski definition) is 0. The predicted molar refractivity (Wildman–Crippen MR) is 117 cm³/mol. The largest absolute Gasteiger partial charge is 0.495 e. The van der Waals surface area contributed by atoms with Crippen LogP contribution in [0.5, 0.6) is 5.75 Å². The van der Waals surface area contributed by atoms with Gasteiger partial charge in [-0.05, 0) is 36.1 Å². The monoisotopic (exact) mass is 430 g/mol. The van der Waals surface area contributed by atoms with E-state index >= 15 is 0 Å². The molecule has 0 aliphatic carbocycles. The van der Waals surface area contributed by atoms with E-state index in [1.165, 1.54) is 23.3 Å². The Labute approximate surface area is 180 Å². The smallest absolute Gasteiger partial charge is 0.282 e. The highest BCUT2D eigenvalue weighted by atomic mass is 32.1. The topological polar surface area (TPSA) is 68.3 Å². The van der Waals surface area contributed by atoms with Crippen molar-refractivity contribution in [3.63, 3.8) is 0 Å². The van der Waals surface area contributed by atoms with Gasteiger partial charge in [0.25, 0.3) is 11.8 Å². The van der Waals surface area contributed by atoms with E-state index in [1.807, 2.05) is 35.4 Å². The summed E-state index contributed by atoms with van der Waals surface area (Å²) < 4.78 is 15.9. The third-order valence-corrected chi connectivity index (χ3v) is 5.74. The van der Waals surface area contributed by atoms with E-state index in [0.29, 0.717) is 49.0 Å². The number of anilines is 1. The molecule has 30 heavy (non-hydrogen) atoms. The molecule has 0 radical (unpaired) electrons. The van der Waals surface area contributed by atoms with Gasteiger partial charge in [-0.1, -0.05) is 12.1 Å². The van der Waals surface area contributed by atoms with E-state index < -0.39 is 0 Å². The molecule has 0 N–H and O–H groups in total. The second kappa shape index (κ2) is 9.88. The van der Waals surface area contributed by atoms with Crippen molar-refractivity contribution < 1.29 is 23.8 Å². The number of carbonyl (C=O) groups is 2.